The zero-order valence-corrected chi connectivity index (χ0v) is 10.3. The Labute approximate surface area is 110 Å². The monoisotopic (exact) mass is 259 g/mol. The van der Waals surface area contributed by atoms with Crippen molar-refractivity contribution < 1.29 is 9.66 Å². The number of nitrogens with zero attached hydrogens (tertiary/aromatic N) is 2. The summed E-state index contributed by atoms with van der Waals surface area (Å²) in [5.74, 6) is 0.887. The molecule has 0 unspecified atom stereocenters. The van der Waals surface area contributed by atoms with Crippen molar-refractivity contribution in [1.82, 2.24) is 4.98 Å². The van der Waals surface area contributed by atoms with E-state index in [1.807, 2.05) is 13.0 Å². The predicted molar refractivity (Wildman–Crippen MR) is 70.0 cm³/mol. The summed E-state index contributed by atoms with van der Waals surface area (Å²) in [6.07, 6.45) is 1.60. The van der Waals surface area contributed by atoms with Crippen molar-refractivity contribution in [3.8, 4) is 11.6 Å². The molecule has 0 aliphatic carbocycles. The molecule has 2 rings (SSSR count). The zero-order valence-electron chi connectivity index (χ0n) is 10.3. The lowest BCUT2D eigenvalue weighted by Gasteiger charge is -2.11. The fourth-order valence-electron chi connectivity index (χ4n) is 1.58. The van der Waals surface area contributed by atoms with Crippen LogP contribution in [0, 0.1) is 10.1 Å². The highest BCUT2D eigenvalue weighted by atomic mass is 16.6. The molecular weight excluding hydrogens is 246 g/mol. The highest BCUT2D eigenvalue weighted by Gasteiger charge is 2.11. The maximum Gasteiger partial charge on any atom is 0.269 e. The van der Waals surface area contributed by atoms with Gasteiger partial charge in [0, 0.05) is 29.9 Å². The van der Waals surface area contributed by atoms with Gasteiger partial charge < -0.3 is 10.5 Å². The van der Waals surface area contributed by atoms with E-state index >= 15 is 0 Å². The number of nitrogens with two attached hydrogens (primary N) is 1. The average Bonchev–Trinajstić information content (AvgIpc) is 2.39. The largest absolute Gasteiger partial charge is 0.439 e. The molecule has 0 bridgehead atoms. The molecule has 1 atom stereocenters. The van der Waals surface area contributed by atoms with E-state index in [2.05, 4.69) is 4.98 Å². The maximum atomic E-state index is 10.5. The summed E-state index contributed by atoms with van der Waals surface area (Å²) in [7, 11) is 0. The highest BCUT2D eigenvalue weighted by molar-refractivity contribution is 5.39. The third-order valence-corrected chi connectivity index (χ3v) is 2.55. The molecule has 1 aromatic heterocycles. The molecule has 0 radical (unpaired) electrons. The molecule has 2 N–H and O–H groups in total. The van der Waals surface area contributed by atoms with Gasteiger partial charge in [-0.15, -0.1) is 0 Å². The van der Waals surface area contributed by atoms with Gasteiger partial charge in [0.25, 0.3) is 5.69 Å². The molecule has 0 saturated carbocycles. The Hall–Kier alpha value is -2.47. The van der Waals surface area contributed by atoms with E-state index in [0.29, 0.717) is 11.6 Å². The first-order chi connectivity index (χ1) is 9.08. The second-order valence-corrected chi connectivity index (χ2v) is 4.04. The number of aromatic nitrogens is 1. The van der Waals surface area contributed by atoms with E-state index in [4.69, 9.17) is 10.5 Å². The van der Waals surface area contributed by atoms with Gasteiger partial charge in [0.1, 0.15) is 5.75 Å². The lowest BCUT2D eigenvalue weighted by molar-refractivity contribution is -0.384. The van der Waals surface area contributed by atoms with Crippen LogP contribution < -0.4 is 10.5 Å². The number of pyridine rings is 1. The van der Waals surface area contributed by atoms with Crippen molar-refractivity contribution in [2.45, 2.75) is 13.0 Å². The van der Waals surface area contributed by atoms with Gasteiger partial charge in [0.15, 0.2) is 0 Å². The van der Waals surface area contributed by atoms with E-state index in [1.54, 1.807) is 12.3 Å². The minimum absolute atomic E-state index is 0.0146. The fourth-order valence-corrected chi connectivity index (χ4v) is 1.58. The smallest absolute Gasteiger partial charge is 0.269 e. The topological polar surface area (TPSA) is 91.3 Å². The molecule has 0 aliphatic heterocycles. The molecule has 0 fully saturated rings. The van der Waals surface area contributed by atoms with Crippen molar-refractivity contribution in [3.63, 3.8) is 0 Å². The van der Waals surface area contributed by atoms with Gasteiger partial charge in [-0.3, -0.25) is 10.1 Å². The van der Waals surface area contributed by atoms with Crippen molar-refractivity contribution in [1.29, 1.82) is 0 Å². The average molecular weight is 259 g/mol. The minimum Gasteiger partial charge on any atom is -0.439 e. The van der Waals surface area contributed by atoms with Crippen molar-refractivity contribution >= 4 is 5.69 Å². The number of nitro benzene ring substituents is 1. The standard InChI is InChI=1S/C13H13N3O3/c1-9(14)12-3-2-8-15-13(12)19-11-6-4-10(5-7-11)16(17)18/h2-9H,14H2,1H3/t9-/m0/s1. The number of benzene rings is 1. The molecule has 6 heteroatoms. The van der Waals surface area contributed by atoms with Crippen molar-refractivity contribution in [2.24, 2.45) is 5.73 Å². The molecule has 0 amide bonds. The summed E-state index contributed by atoms with van der Waals surface area (Å²) in [5, 5.41) is 10.5. The van der Waals surface area contributed by atoms with Gasteiger partial charge >= 0.3 is 0 Å². The van der Waals surface area contributed by atoms with E-state index in [1.165, 1.54) is 24.3 Å². The summed E-state index contributed by atoms with van der Waals surface area (Å²) in [4.78, 5) is 14.2. The first-order valence-electron chi connectivity index (χ1n) is 5.70. The molecule has 1 aromatic carbocycles. The van der Waals surface area contributed by atoms with Crippen LogP contribution in [0.15, 0.2) is 42.6 Å². The Balaban J connectivity index is 2.24. The van der Waals surface area contributed by atoms with Crippen molar-refractivity contribution in [3.05, 3.63) is 58.3 Å². The van der Waals surface area contributed by atoms with Crippen LogP contribution in [0.25, 0.3) is 0 Å². The first-order valence-corrected chi connectivity index (χ1v) is 5.70. The van der Waals surface area contributed by atoms with E-state index in [0.717, 1.165) is 5.56 Å². The van der Waals surface area contributed by atoms with Crippen LogP contribution in [-0.4, -0.2) is 9.91 Å². The molecule has 1 heterocycles. The summed E-state index contributed by atoms with van der Waals surface area (Å²) in [5.41, 5.74) is 6.62. The van der Waals surface area contributed by atoms with E-state index < -0.39 is 4.92 Å². The van der Waals surface area contributed by atoms with Crippen LogP contribution in [0.5, 0.6) is 11.6 Å². The zero-order chi connectivity index (χ0) is 13.8. The van der Waals surface area contributed by atoms with E-state index in [9.17, 15) is 10.1 Å². The highest BCUT2D eigenvalue weighted by Crippen LogP contribution is 2.27. The van der Waals surface area contributed by atoms with Gasteiger partial charge in [-0.05, 0) is 25.1 Å². The van der Waals surface area contributed by atoms with Crippen LogP contribution in [0.2, 0.25) is 0 Å². The van der Waals surface area contributed by atoms with Crippen LogP contribution in [0.3, 0.4) is 0 Å². The van der Waals surface area contributed by atoms with Gasteiger partial charge in [0.05, 0.1) is 4.92 Å². The third-order valence-electron chi connectivity index (χ3n) is 2.55. The van der Waals surface area contributed by atoms with Gasteiger partial charge in [-0.2, -0.15) is 0 Å². The number of hydrogen-bond acceptors (Lipinski definition) is 5. The van der Waals surface area contributed by atoms with Gasteiger partial charge in [-0.25, -0.2) is 4.98 Å². The molecule has 2 aromatic rings. The fraction of sp³-hybridized carbons (Fsp3) is 0.154. The Morgan fingerprint density at radius 2 is 2.00 bits per heavy atom. The Morgan fingerprint density at radius 1 is 1.32 bits per heavy atom. The lowest BCUT2D eigenvalue weighted by atomic mass is 10.1. The SMILES string of the molecule is C[C@H](N)c1cccnc1Oc1ccc([N+](=O)[O-])cc1. The molecular formula is C13H13N3O3. The number of hydrogen-bond donors (Lipinski definition) is 1. The second kappa shape index (κ2) is 5.45. The number of ether oxygens (including phenoxy) is 1. The molecule has 19 heavy (non-hydrogen) atoms. The summed E-state index contributed by atoms with van der Waals surface area (Å²) in [6, 6.07) is 9.21. The number of rotatable bonds is 4. The first kappa shape index (κ1) is 13.0. The lowest BCUT2D eigenvalue weighted by Crippen LogP contribution is -2.07. The Morgan fingerprint density at radius 3 is 2.58 bits per heavy atom. The minimum atomic E-state index is -0.460. The predicted octanol–water partition coefficient (Wildman–Crippen LogP) is 2.80. The van der Waals surface area contributed by atoms with Gasteiger partial charge in [-0.1, -0.05) is 6.07 Å². The Kier molecular flexibility index (Phi) is 3.72. The maximum absolute atomic E-state index is 10.5. The molecule has 0 saturated heterocycles. The van der Waals surface area contributed by atoms with Crippen LogP contribution in [-0.2, 0) is 0 Å². The molecule has 0 spiro atoms. The molecule has 0 aliphatic rings. The van der Waals surface area contributed by atoms with Crippen LogP contribution in [0.1, 0.15) is 18.5 Å². The van der Waals surface area contributed by atoms with Crippen molar-refractivity contribution in [2.75, 3.05) is 0 Å². The third kappa shape index (κ3) is 3.05. The summed E-state index contributed by atoms with van der Waals surface area (Å²) >= 11 is 0. The van der Waals surface area contributed by atoms with E-state index in [-0.39, 0.29) is 11.7 Å². The second-order valence-electron chi connectivity index (χ2n) is 4.04. The van der Waals surface area contributed by atoms with Crippen LogP contribution in [0.4, 0.5) is 5.69 Å². The normalized spacial score (nSPS) is 11.9. The number of nitro groups is 1. The number of non-ortho nitro benzene ring substituents is 1. The molecule has 98 valence electrons. The van der Waals surface area contributed by atoms with Gasteiger partial charge in [0.2, 0.25) is 5.88 Å². The Bertz CT molecular complexity index is 582. The molecule has 6 nitrogen and oxygen atoms in total. The summed E-state index contributed by atoms with van der Waals surface area (Å²) in [6.45, 7) is 1.83. The van der Waals surface area contributed by atoms with Crippen LogP contribution >= 0.6 is 0 Å². The summed E-state index contributed by atoms with van der Waals surface area (Å²) < 4.78 is 5.59. The quantitative estimate of drug-likeness (QED) is 0.673.